The molecule has 3 aromatic rings. The Morgan fingerprint density at radius 2 is 2.10 bits per heavy atom. The Balaban J connectivity index is 2.13. The second-order valence-corrected chi connectivity index (χ2v) is 4.86. The molecule has 0 aliphatic carbocycles. The summed E-state index contributed by atoms with van der Waals surface area (Å²) in [4.78, 5) is 7.27. The van der Waals surface area contributed by atoms with E-state index in [1.807, 2.05) is 0 Å². The Morgan fingerprint density at radius 3 is 2.86 bits per heavy atom. The number of aromatic nitrogens is 3. The van der Waals surface area contributed by atoms with Gasteiger partial charge in [0.05, 0.1) is 19.2 Å². The SMILES string of the molecule is COc1ccc2[nH]c(=S)n(Cc3cc(F)ccc3F)c2n1. The van der Waals surface area contributed by atoms with Crippen molar-refractivity contribution in [2.24, 2.45) is 0 Å². The van der Waals surface area contributed by atoms with Gasteiger partial charge in [0.2, 0.25) is 5.88 Å². The maximum Gasteiger partial charge on any atom is 0.215 e. The summed E-state index contributed by atoms with van der Waals surface area (Å²) in [6.45, 7) is 0.0859. The number of fused-ring (bicyclic) bond motifs is 1. The maximum atomic E-state index is 13.8. The van der Waals surface area contributed by atoms with E-state index < -0.39 is 11.6 Å². The molecular weight excluding hydrogens is 296 g/mol. The Morgan fingerprint density at radius 1 is 1.29 bits per heavy atom. The predicted molar refractivity (Wildman–Crippen MR) is 76.9 cm³/mol. The molecular formula is C14H11F2N3OS. The van der Waals surface area contributed by atoms with E-state index in [1.165, 1.54) is 7.11 Å². The van der Waals surface area contributed by atoms with Gasteiger partial charge in [-0.25, -0.2) is 8.78 Å². The largest absolute Gasteiger partial charge is 0.481 e. The highest BCUT2D eigenvalue weighted by atomic mass is 32.1. The molecule has 0 unspecified atom stereocenters. The summed E-state index contributed by atoms with van der Waals surface area (Å²) in [7, 11) is 1.51. The molecule has 21 heavy (non-hydrogen) atoms. The fourth-order valence-electron chi connectivity index (χ4n) is 2.11. The number of methoxy groups -OCH3 is 1. The van der Waals surface area contributed by atoms with Gasteiger partial charge in [-0.15, -0.1) is 0 Å². The number of hydrogen-bond donors (Lipinski definition) is 1. The lowest BCUT2D eigenvalue weighted by atomic mass is 10.2. The lowest BCUT2D eigenvalue weighted by Crippen LogP contribution is -2.04. The summed E-state index contributed by atoms with van der Waals surface area (Å²) in [6, 6.07) is 6.79. The van der Waals surface area contributed by atoms with Crippen molar-refractivity contribution in [1.82, 2.24) is 14.5 Å². The van der Waals surface area contributed by atoms with E-state index in [4.69, 9.17) is 17.0 Å². The van der Waals surface area contributed by atoms with Crippen molar-refractivity contribution >= 4 is 23.4 Å². The number of hydrogen-bond acceptors (Lipinski definition) is 3. The predicted octanol–water partition coefficient (Wildman–Crippen LogP) is 3.43. The average molecular weight is 307 g/mol. The Labute approximate surface area is 124 Å². The molecule has 0 amide bonds. The van der Waals surface area contributed by atoms with Gasteiger partial charge >= 0.3 is 0 Å². The minimum Gasteiger partial charge on any atom is -0.481 e. The molecule has 2 heterocycles. The molecule has 0 spiro atoms. The van der Waals surface area contributed by atoms with Gasteiger partial charge in [-0.2, -0.15) is 4.98 Å². The van der Waals surface area contributed by atoms with E-state index in [9.17, 15) is 8.78 Å². The highest BCUT2D eigenvalue weighted by molar-refractivity contribution is 7.71. The highest BCUT2D eigenvalue weighted by Gasteiger charge is 2.11. The normalized spacial score (nSPS) is 11.0. The van der Waals surface area contributed by atoms with Gasteiger partial charge in [-0.1, -0.05) is 0 Å². The van der Waals surface area contributed by atoms with E-state index in [-0.39, 0.29) is 12.1 Å². The van der Waals surface area contributed by atoms with Crippen molar-refractivity contribution < 1.29 is 13.5 Å². The number of benzene rings is 1. The minimum absolute atomic E-state index is 0.0859. The minimum atomic E-state index is -0.497. The van der Waals surface area contributed by atoms with Crippen LogP contribution in [-0.4, -0.2) is 21.6 Å². The van der Waals surface area contributed by atoms with Crippen LogP contribution in [0.3, 0.4) is 0 Å². The number of ether oxygens (including phenoxy) is 1. The molecule has 0 atom stereocenters. The lowest BCUT2D eigenvalue weighted by Gasteiger charge is -2.06. The second-order valence-electron chi connectivity index (χ2n) is 4.48. The van der Waals surface area contributed by atoms with Gasteiger partial charge in [0.25, 0.3) is 0 Å². The fourth-order valence-corrected chi connectivity index (χ4v) is 2.37. The zero-order valence-electron chi connectivity index (χ0n) is 11.1. The van der Waals surface area contributed by atoms with Crippen LogP contribution in [0, 0.1) is 16.4 Å². The molecule has 2 aromatic heterocycles. The van der Waals surface area contributed by atoms with Crippen LogP contribution < -0.4 is 4.74 Å². The summed E-state index contributed by atoms with van der Waals surface area (Å²) in [5.74, 6) is -0.566. The van der Waals surface area contributed by atoms with Gasteiger partial charge < -0.3 is 9.72 Å². The van der Waals surface area contributed by atoms with E-state index in [2.05, 4.69) is 9.97 Å². The van der Waals surface area contributed by atoms with Crippen LogP contribution in [-0.2, 0) is 6.54 Å². The van der Waals surface area contributed by atoms with Crippen LogP contribution in [0.5, 0.6) is 5.88 Å². The number of imidazole rings is 1. The summed E-state index contributed by atoms with van der Waals surface area (Å²) < 4.78 is 34.1. The van der Waals surface area contributed by atoms with Crippen LogP contribution in [0.15, 0.2) is 30.3 Å². The summed E-state index contributed by atoms with van der Waals surface area (Å²) in [6.07, 6.45) is 0. The average Bonchev–Trinajstić information content (AvgIpc) is 2.78. The van der Waals surface area contributed by atoms with E-state index in [0.29, 0.717) is 21.8 Å². The van der Waals surface area contributed by atoms with Crippen molar-refractivity contribution in [1.29, 1.82) is 0 Å². The van der Waals surface area contributed by atoms with Crippen LogP contribution in [0.2, 0.25) is 0 Å². The molecule has 3 rings (SSSR count). The van der Waals surface area contributed by atoms with E-state index in [0.717, 1.165) is 18.2 Å². The topological polar surface area (TPSA) is 42.8 Å². The first-order chi connectivity index (χ1) is 10.1. The molecule has 1 N–H and O–H groups in total. The first kappa shape index (κ1) is 13.7. The Kier molecular flexibility index (Phi) is 3.42. The zero-order chi connectivity index (χ0) is 15.0. The maximum absolute atomic E-state index is 13.8. The van der Waals surface area contributed by atoms with Crippen molar-refractivity contribution in [2.75, 3.05) is 7.11 Å². The molecule has 108 valence electrons. The van der Waals surface area contributed by atoms with Crippen molar-refractivity contribution in [3.05, 3.63) is 52.3 Å². The first-order valence-corrected chi connectivity index (χ1v) is 6.57. The molecule has 0 radical (unpaired) electrons. The molecule has 0 saturated heterocycles. The third-order valence-corrected chi connectivity index (χ3v) is 3.46. The monoisotopic (exact) mass is 307 g/mol. The van der Waals surface area contributed by atoms with Crippen LogP contribution in [0.4, 0.5) is 8.78 Å². The van der Waals surface area contributed by atoms with Crippen LogP contribution in [0.25, 0.3) is 11.2 Å². The van der Waals surface area contributed by atoms with Crippen molar-refractivity contribution in [2.45, 2.75) is 6.54 Å². The Bertz CT molecular complexity index is 872. The van der Waals surface area contributed by atoms with Crippen molar-refractivity contribution in [3.63, 3.8) is 0 Å². The van der Waals surface area contributed by atoms with Gasteiger partial charge in [0.1, 0.15) is 11.6 Å². The molecule has 4 nitrogen and oxygen atoms in total. The zero-order valence-corrected chi connectivity index (χ0v) is 11.9. The van der Waals surface area contributed by atoms with Gasteiger partial charge in [0.15, 0.2) is 10.4 Å². The number of halogens is 2. The molecule has 7 heteroatoms. The summed E-state index contributed by atoms with van der Waals surface area (Å²) >= 11 is 5.22. The lowest BCUT2D eigenvalue weighted by molar-refractivity contribution is 0.399. The second kappa shape index (κ2) is 5.25. The van der Waals surface area contributed by atoms with Gasteiger partial charge in [0, 0.05) is 11.6 Å². The number of nitrogens with one attached hydrogen (secondary N) is 1. The first-order valence-electron chi connectivity index (χ1n) is 6.16. The highest BCUT2D eigenvalue weighted by Crippen LogP contribution is 2.19. The van der Waals surface area contributed by atoms with E-state index in [1.54, 1.807) is 16.7 Å². The van der Waals surface area contributed by atoms with Crippen LogP contribution in [0.1, 0.15) is 5.56 Å². The molecule has 0 saturated carbocycles. The molecule has 0 fully saturated rings. The van der Waals surface area contributed by atoms with Gasteiger partial charge in [-0.3, -0.25) is 4.57 Å². The number of H-pyrrole nitrogens is 1. The standard InChI is InChI=1S/C14H11F2N3OS/c1-20-12-5-4-11-13(18-12)19(14(21)17-11)7-8-6-9(15)2-3-10(8)16/h2-6H,7H2,1H3,(H,17,21). The molecule has 0 aliphatic rings. The summed E-state index contributed by atoms with van der Waals surface area (Å²) in [5.41, 5.74) is 1.44. The third kappa shape index (κ3) is 2.52. The quantitative estimate of drug-likeness (QED) is 0.754. The van der Waals surface area contributed by atoms with Crippen LogP contribution >= 0.6 is 12.2 Å². The van der Waals surface area contributed by atoms with Crippen molar-refractivity contribution in [3.8, 4) is 5.88 Å². The Hall–Kier alpha value is -2.28. The summed E-state index contributed by atoms with van der Waals surface area (Å²) in [5, 5.41) is 0. The number of aromatic amines is 1. The fraction of sp³-hybridized carbons (Fsp3) is 0.143. The molecule has 1 aromatic carbocycles. The number of pyridine rings is 1. The third-order valence-electron chi connectivity index (χ3n) is 3.14. The smallest absolute Gasteiger partial charge is 0.215 e. The van der Waals surface area contributed by atoms with E-state index >= 15 is 0 Å². The molecule has 0 bridgehead atoms. The number of rotatable bonds is 3. The number of nitrogens with zero attached hydrogens (tertiary/aromatic N) is 2. The molecule has 0 aliphatic heterocycles. The van der Waals surface area contributed by atoms with Gasteiger partial charge in [-0.05, 0) is 36.5 Å².